The Hall–Kier alpha value is -2.76. The van der Waals surface area contributed by atoms with Crippen LogP contribution in [0.3, 0.4) is 0 Å². The lowest BCUT2D eigenvalue weighted by Crippen LogP contribution is -2.33. The number of rotatable bonds is 3. The standard InChI is InChI=1S/C21H23NO5/c1-21(2)7-6-15-17(27-21)5-4-12-8-13(11-26-20(12)15)19-16(22-24)9-14(23)10-18(19)25-3/h4-5,9-10,13,23H,6-8,11H2,1-3H3. The van der Waals surface area contributed by atoms with Gasteiger partial charge < -0.3 is 19.3 Å². The van der Waals surface area contributed by atoms with E-state index in [1.165, 1.54) is 19.2 Å². The van der Waals surface area contributed by atoms with E-state index < -0.39 is 0 Å². The summed E-state index contributed by atoms with van der Waals surface area (Å²) in [4.78, 5) is 11.3. The number of nitroso groups, excluding NO2 is 1. The molecule has 2 heterocycles. The minimum absolute atomic E-state index is 0.0452. The molecular formula is C21H23NO5. The second-order valence-corrected chi connectivity index (χ2v) is 7.78. The molecule has 2 aromatic carbocycles. The number of ether oxygens (including phenoxy) is 3. The van der Waals surface area contributed by atoms with Gasteiger partial charge in [-0.25, -0.2) is 0 Å². The lowest BCUT2D eigenvalue weighted by Gasteiger charge is -2.36. The van der Waals surface area contributed by atoms with E-state index in [0.29, 0.717) is 24.3 Å². The first-order chi connectivity index (χ1) is 12.9. The number of phenols is 1. The van der Waals surface area contributed by atoms with Gasteiger partial charge in [0.2, 0.25) is 0 Å². The highest BCUT2D eigenvalue weighted by atomic mass is 16.5. The van der Waals surface area contributed by atoms with Crippen molar-refractivity contribution in [1.29, 1.82) is 0 Å². The molecular weight excluding hydrogens is 346 g/mol. The molecule has 142 valence electrons. The van der Waals surface area contributed by atoms with Crippen LogP contribution >= 0.6 is 0 Å². The molecule has 2 aromatic rings. The van der Waals surface area contributed by atoms with Crippen molar-refractivity contribution in [3.8, 4) is 23.0 Å². The van der Waals surface area contributed by atoms with Crippen molar-refractivity contribution in [3.63, 3.8) is 0 Å². The molecule has 0 saturated carbocycles. The van der Waals surface area contributed by atoms with E-state index >= 15 is 0 Å². The van der Waals surface area contributed by atoms with E-state index in [2.05, 4.69) is 19.0 Å². The fourth-order valence-electron chi connectivity index (χ4n) is 4.05. The Balaban J connectivity index is 1.70. The first kappa shape index (κ1) is 17.6. The van der Waals surface area contributed by atoms with E-state index in [0.717, 1.165) is 35.5 Å². The Morgan fingerprint density at radius 1 is 1.30 bits per heavy atom. The van der Waals surface area contributed by atoms with Gasteiger partial charge in [0.1, 0.15) is 34.3 Å². The minimum atomic E-state index is -0.164. The average Bonchev–Trinajstić information content (AvgIpc) is 2.65. The molecule has 6 heteroatoms. The molecule has 27 heavy (non-hydrogen) atoms. The predicted octanol–water partition coefficient (Wildman–Crippen LogP) is 4.62. The monoisotopic (exact) mass is 369 g/mol. The summed E-state index contributed by atoms with van der Waals surface area (Å²) in [5.41, 5.74) is 2.90. The van der Waals surface area contributed by atoms with Gasteiger partial charge in [0.05, 0.1) is 13.7 Å². The van der Waals surface area contributed by atoms with Crippen LogP contribution in [-0.4, -0.2) is 24.4 Å². The summed E-state index contributed by atoms with van der Waals surface area (Å²) >= 11 is 0. The van der Waals surface area contributed by atoms with Crippen molar-refractivity contribution in [2.45, 2.75) is 44.6 Å². The second kappa shape index (κ2) is 6.44. The smallest absolute Gasteiger partial charge is 0.129 e. The highest BCUT2D eigenvalue weighted by molar-refractivity contribution is 5.61. The zero-order valence-corrected chi connectivity index (χ0v) is 15.7. The van der Waals surface area contributed by atoms with Crippen LogP contribution in [0, 0.1) is 4.91 Å². The molecule has 1 N–H and O–H groups in total. The van der Waals surface area contributed by atoms with Crippen LogP contribution in [-0.2, 0) is 12.8 Å². The third-order valence-electron chi connectivity index (χ3n) is 5.39. The van der Waals surface area contributed by atoms with Gasteiger partial charge in [-0.2, -0.15) is 0 Å². The van der Waals surface area contributed by atoms with Gasteiger partial charge in [0, 0.05) is 29.2 Å². The average molecular weight is 369 g/mol. The molecule has 0 aromatic heterocycles. The lowest BCUT2D eigenvalue weighted by atomic mass is 9.85. The Bertz CT molecular complexity index is 906. The molecule has 0 aliphatic carbocycles. The summed E-state index contributed by atoms with van der Waals surface area (Å²) in [6.45, 7) is 4.60. The van der Waals surface area contributed by atoms with Crippen molar-refractivity contribution >= 4 is 5.69 Å². The van der Waals surface area contributed by atoms with Crippen molar-refractivity contribution in [2.24, 2.45) is 5.18 Å². The van der Waals surface area contributed by atoms with Crippen LogP contribution in [0.5, 0.6) is 23.0 Å². The number of benzene rings is 2. The predicted molar refractivity (Wildman–Crippen MR) is 102 cm³/mol. The number of phenolic OH excluding ortho intramolecular Hbond substituents is 1. The zero-order chi connectivity index (χ0) is 19.2. The fraction of sp³-hybridized carbons (Fsp3) is 0.429. The van der Waals surface area contributed by atoms with Gasteiger partial charge in [0.15, 0.2) is 0 Å². The summed E-state index contributed by atoms with van der Waals surface area (Å²) < 4.78 is 17.6. The Morgan fingerprint density at radius 3 is 2.85 bits per heavy atom. The molecule has 2 aliphatic heterocycles. The van der Waals surface area contributed by atoms with Crippen LogP contribution < -0.4 is 14.2 Å². The fourth-order valence-corrected chi connectivity index (χ4v) is 4.05. The first-order valence-corrected chi connectivity index (χ1v) is 9.12. The quantitative estimate of drug-likeness (QED) is 0.799. The second-order valence-electron chi connectivity index (χ2n) is 7.78. The molecule has 6 nitrogen and oxygen atoms in total. The Morgan fingerprint density at radius 2 is 2.11 bits per heavy atom. The maximum absolute atomic E-state index is 11.3. The molecule has 0 fully saturated rings. The largest absolute Gasteiger partial charge is 0.508 e. The van der Waals surface area contributed by atoms with Gasteiger partial charge in [-0.3, -0.25) is 0 Å². The number of aromatic hydroxyl groups is 1. The van der Waals surface area contributed by atoms with Crippen LogP contribution in [0.25, 0.3) is 0 Å². The molecule has 1 unspecified atom stereocenters. The summed E-state index contributed by atoms with van der Waals surface area (Å²) in [7, 11) is 1.51. The molecule has 2 aliphatic rings. The maximum atomic E-state index is 11.3. The van der Waals surface area contributed by atoms with Gasteiger partial charge in [-0.15, -0.1) is 4.91 Å². The normalized spacial score (nSPS) is 19.9. The number of fused-ring (bicyclic) bond motifs is 3. The van der Waals surface area contributed by atoms with E-state index in [1.807, 2.05) is 12.1 Å². The van der Waals surface area contributed by atoms with Crippen LogP contribution in [0.1, 0.15) is 42.9 Å². The molecule has 0 amide bonds. The van der Waals surface area contributed by atoms with Gasteiger partial charge in [-0.1, -0.05) is 6.07 Å². The summed E-state index contributed by atoms with van der Waals surface area (Å²) in [5, 5.41) is 12.9. The zero-order valence-electron chi connectivity index (χ0n) is 15.7. The maximum Gasteiger partial charge on any atom is 0.129 e. The molecule has 0 saturated heterocycles. The van der Waals surface area contributed by atoms with Crippen molar-refractivity contribution in [1.82, 2.24) is 0 Å². The molecule has 4 rings (SSSR count). The van der Waals surface area contributed by atoms with Crippen LogP contribution in [0.4, 0.5) is 5.69 Å². The SMILES string of the molecule is COc1cc(O)cc(N=O)c1C1COc2c(ccc3c2CCC(C)(C)O3)C1. The van der Waals surface area contributed by atoms with Gasteiger partial charge in [-0.05, 0) is 49.9 Å². The molecule has 0 bridgehead atoms. The van der Waals surface area contributed by atoms with E-state index in [9.17, 15) is 10.0 Å². The third-order valence-corrected chi connectivity index (χ3v) is 5.39. The topological polar surface area (TPSA) is 77.4 Å². The number of hydrogen-bond acceptors (Lipinski definition) is 6. The molecule has 1 atom stereocenters. The number of nitrogens with zero attached hydrogens (tertiary/aromatic N) is 1. The van der Waals surface area contributed by atoms with Crippen LogP contribution in [0.2, 0.25) is 0 Å². The third kappa shape index (κ3) is 3.09. The summed E-state index contributed by atoms with van der Waals surface area (Å²) in [5.74, 6) is 2.11. The highest BCUT2D eigenvalue weighted by Gasteiger charge is 2.33. The van der Waals surface area contributed by atoms with Crippen molar-refractivity contribution < 1.29 is 19.3 Å². The van der Waals surface area contributed by atoms with Gasteiger partial charge >= 0.3 is 0 Å². The van der Waals surface area contributed by atoms with Crippen molar-refractivity contribution in [3.05, 3.63) is 45.9 Å². The Kier molecular flexibility index (Phi) is 4.21. The summed E-state index contributed by atoms with van der Waals surface area (Å²) in [6.07, 6.45) is 2.56. The molecule has 0 spiro atoms. The highest BCUT2D eigenvalue weighted by Crippen LogP contribution is 2.47. The first-order valence-electron chi connectivity index (χ1n) is 9.12. The summed E-state index contributed by atoms with van der Waals surface area (Å²) in [6, 6.07) is 6.90. The lowest BCUT2D eigenvalue weighted by molar-refractivity contribution is 0.0826. The number of methoxy groups -OCH3 is 1. The van der Waals surface area contributed by atoms with Gasteiger partial charge in [0.25, 0.3) is 0 Å². The van der Waals surface area contributed by atoms with Crippen LogP contribution in [0.15, 0.2) is 29.4 Å². The Labute approximate surface area is 158 Å². The van der Waals surface area contributed by atoms with E-state index in [4.69, 9.17) is 14.2 Å². The van der Waals surface area contributed by atoms with E-state index in [1.54, 1.807) is 0 Å². The van der Waals surface area contributed by atoms with E-state index in [-0.39, 0.29) is 23.0 Å². The number of hydrogen-bond donors (Lipinski definition) is 1. The van der Waals surface area contributed by atoms with Crippen molar-refractivity contribution in [2.75, 3.05) is 13.7 Å². The minimum Gasteiger partial charge on any atom is -0.508 e. The molecule has 0 radical (unpaired) electrons.